The molecule has 0 fully saturated rings. The van der Waals surface area contributed by atoms with Gasteiger partial charge in [-0.3, -0.25) is 5.11 Å². The monoisotopic (exact) mass is 139 g/mol. The van der Waals surface area contributed by atoms with Crippen molar-refractivity contribution in [2.45, 2.75) is 32.6 Å². The van der Waals surface area contributed by atoms with Crippen LogP contribution < -0.4 is 0 Å². The fourth-order valence-electron chi connectivity index (χ4n) is 0.732. The highest BCUT2D eigenvalue weighted by Gasteiger charge is 1.79. The van der Waals surface area contributed by atoms with Gasteiger partial charge >= 0.3 is 0 Å². The van der Waals surface area contributed by atoms with E-state index in [1.807, 2.05) is 12.2 Å². The molecule has 0 aliphatic heterocycles. The number of hydrogen-bond donors (Lipinski definition) is 0. The van der Waals surface area contributed by atoms with Gasteiger partial charge in [0.05, 0.1) is 0 Å². The molecular formula is C9H15O. The van der Waals surface area contributed by atoms with Crippen LogP contribution in [0.3, 0.4) is 0 Å². The van der Waals surface area contributed by atoms with E-state index in [4.69, 9.17) is 0 Å². The molecule has 1 radical (unpaired) electrons. The molecule has 0 amide bonds. The van der Waals surface area contributed by atoms with Crippen molar-refractivity contribution in [1.29, 1.82) is 0 Å². The second-order valence-electron chi connectivity index (χ2n) is 2.25. The Bertz CT molecular complexity index is 103. The number of unbranched alkanes of at least 4 members (excludes halogenated alkanes) is 3. The molecule has 0 unspecified atom stereocenters. The predicted octanol–water partition coefficient (Wildman–Crippen LogP) is 3.07. The molecule has 0 spiro atoms. The lowest BCUT2D eigenvalue weighted by atomic mass is 10.2. The maximum atomic E-state index is 9.79. The van der Waals surface area contributed by atoms with Crippen LogP contribution in [0.15, 0.2) is 24.5 Å². The van der Waals surface area contributed by atoms with E-state index >= 15 is 0 Å². The van der Waals surface area contributed by atoms with E-state index in [-0.39, 0.29) is 0 Å². The Morgan fingerprint density at radius 2 is 2.00 bits per heavy atom. The third-order valence-corrected chi connectivity index (χ3v) is 1.30. The lowest BCUT2D eigenvalue weighted by molar-refractivity contribution is 0.352. The van der Waals surface area contributed by atoms with Crippen LogP contribution in [-0.2, 0) is 5.11 Å². The smallest absolute Gasteiger partial charge is 0.142 e. The van der Waals surface area contributed by atoms with Crippen molar-refractivity contribution in [1.82, 2.24) is 0 Å². The molecule has 57 valence electrons. The van der Waals surface area contributed by atoms with Crippen molar-refractivity contribution in [2.75, 3.05) is 0 Å². The Labute approximate surface area is 63.1 Å². The SMILES string of the molecule is CCCCCC=CC=C[O]. The zero-order chi connectivity index (χ0) is 7.66. The topological polar surface area (TPSA) is 19.9 Å². The summed E-state index contributed by atoms with van der Waals surface area (Å²) in [7, 11) is 0. The van der Waals surface area contributed by atoms with E-state index in [1.165, 1.54) is 25.3 Å². The standard InChI is InChI=1S/C9H15O/c1-2-3-4-5-6-7-8-9-10/h6-9H,2-5H2,1H3. The summed E-state index contributed by atoms with van der Waals surface area (Å²) in [6, 6.07) is 0. The van der Waals surface area contributed by atoms with Gasteiger partial charge in [0.15, 0.2) is 0 Å². The maximum Gasteiger partial charge on any atom is 0.142 e. The number of hydrogen-bond acceptors (Lipinski definition) is 0. The molecule has 0 rings (SSSR count). The Balaban J connectivity index is 3.02. The summed E-state index contributed by atoms with van der Waals surface area (Å²) >= 11 is 0. The molecule has 1 nitrogen and oxygen atoms in total. The average molecular weight is 139 g/mol. The van der Waals surface area contributed by atoms with E-state index < -0.39 is 0 Å². The summed E-state index contributed by atoms with van der Waals surface area (Å²) in [5.41, 5.74) is 0. The summed E-state index contributed by atoms with van der Waals surface area (Å²) in [5.74, 6) is 0. The first-order valence-corrected chi connectivity index (χ1v) is 3.85. The second-order valence-corrected chi connectivity index (χ2v) is 2.25. The quantitative estimate of drug-likeness (QED) is 0.317. The number of allylic oxidation sites excluding steroid dienone is 3. The fraction of sp³-hybridized carbons (Fsp3) is 0.556. The zero-order valence-electron chi connectivity index (χ0n) is 6.55. The molecule has 1 heteroatoms. The first-order valence-electron chi connectivity index (χ1n) is 3.85. The molecule has 0 aromatic heterocycles. The van der Waals surface area contributed by atoms with Gasteiger partial charge in [-0.15, -0.1) is 0 Å². The van der Waals surface area contributed by atoms with Gasteiger partial charge in [-0.25, -0.2) is 0 Å². The molecule has 0 N–H and O–H groups in total. The fourth-order valence-corrected chi connectivity index (χ4v) is 0.732. The van der Waals surface area contributed by atoms with Crippen molar-refractivity contribution in [3.05, 3.63) is 24.5 Å². The van der Waals surface area contributed by atoms with Crippen LogP contribution in [0.2, 0.25) is 0 Å². The van der Waals surface area contributed by atoms with Crippen LogP contribution in [-0.4, -0.2) is 0 Å². The average Bonchev–Trinajstić information content (AvgIpc) is 1.97. The molecule has 0 saturated heterocycles. The van der Waals surface area contributed by atoms with E-state index in [0.29, 0.717) is 0 Å². The van der Waals surface area contributed by atoms with Gasteiger partial charge in [0.25, 0.3) is 0 Å². The molecule has 0 aromatic carbocycles. The highest BCUT2D eigenvalue weighted by molar-refractivity contribution is 4.98. The summed E-state index contributed by atoms with van der Waals surface area (Å²) in [6.07, 6.45) is 11.0. The lowest BCUT2D eigenvalue weighted by Gasteiger charge is -1.89. The summed E-state index contributed by atoms with van der Waals surface area (Å²) in [4.78, 5) is 0. The van der Waals surface area contributed by atoms with Crippen LogP contribution >= 0.6 is 0 Å². The predicted molar refractivity (Wildman–Crippen MR) is 43.1 cm³/mol. The van der Waals surface area contributed by atoms with Crippen molar-refractivity contribution in [2.24, 2.45) is 0 Å². The van der Waals surface area contributed by atoms with Crippen molar-refractivity contribution < 1.29 is 5.11 Å². The lowest BCUT2D eigenvalue weighted by Crippen LogP contribution is -1.69. The molecule has 0 atom stereocenters. The minimum absolute atomic E-state index is 0.802. The van der Waals surface area contributed by atoms with Crippen LogP contribution in [0.5, 0.6) is 0 Å². The third kappa shape index (κ3) is 7.28. The van der Waals surface area contributed by atoms with Gasteiger partial charge in [0, 0.05) is 0 Å². The van der Waals surface area contributed by atoms with Crippen LogP contribution in [0.4, 0.5) is 0 Å². The van der Waals surface area contributed by atoms with Crippen molar-refractivity contribution >= 4 is 0 Å². The van der Waals surface area contributed by atoms with Gasteiger partial charge in [-0.2, -0.15) is 0 Å². The van der Waals surface area contributed by atoms with Crippen LogP contribution in [0.1, 0.15) is 32.6 Å². The highest BCUT2D eigenvalue weighted by atomic mass is 16.2. The molecule has 0 aliphatic rings. The van der Waals surface area contributed by atoms with E-state index in [1.54, 1.807) is 0 Å². The van der Waals surface area contributed by atoms with Crippen LogP contribution in [0, 0.1) is 0 Å². The van der Waals surface area contributed by atoms with Gasteiger partial charge in [0.2, 0.25) is 0 Å². The molecular weight excluding hydrogens is 124 g/mol. The van der Waals surface area contributed by atoms with Gasteiger partial charge in [-0.1, -0.05) is 31.9 Å². The summed E-state index contributed by atoms with van der Waals surface area (Å²) < 4.78 is 0. The molecule has 0 bridgehead atoms. The normalized spacial score (nSPS) is 11.7. The van der Waals surface area contributed by atoms with Gasteiger partial charge in [-0.05, 0) is 18.9 Å². The Hall–Kier alpha value is -0.720. The number of rotatable bonds is 5. The molecule has 0 aromatic rings. The summed E-state index contributed by atoms with van der Waals surface area (Å²) in [5, 5.41) is 9.79. The highest BCUT2D eigenvalue weighted by Crippen LogP contribution is 1.99. The minimum atomic E-state index is 0.802. The molecule has 10 heavy (non-hydrogen) atoms. The van der Waals surface area contributed by atoms with E-state index in [2.05, 4.69) is 6.92 Å². The largest absolute Gasteiger partial charge is 0.299 e. The zero-order valence-corrected chi connectivity index (χ0v) is 6.55. The van der Waals surface area contributed by atoms with Crippen LogP contribution in [0.25, 0.3) is 0 Å². The van der Waals surface area contributed by atoms with Gasteiger partial charge in [0.1, 0.15) is 6.26 Å². The first kappa shape index (κ1) is 9.28. The Morgan fingerprint density at radius 1 is 1.20 bits per heavy atom. The molecule has 0 saturated carbocycles. The van der Waals surface area contributed by atoms with E-state index in [0.717, 1.165) is 12.7 Å². The van der Waals surface area contributed by atoms with E-state index in [9.17, 15) is 5.11 Å². The van der Waals surface area contributed by atoms with Crippen molar-refractivity contribution in [3.8, 4) is 0 Å². The summed E-state index contributed by atoms with van der Waals surface area (Å²) in [6.45, 7) is 2.18. The first-order chi connectivity index (χ1) is 4.91. The van der Waals surface area contributed by atoms with Crippen molar-refractivity contribution in [3.63, 3.8) is 0 Å². The Kier molecular flexibility index (Phi) is 7.68. The maximum absolute atomic E-state index is 9.79. The molecule has 0 aliphatic carbocycles. The second kappa shape index (κ2) is 8.28. The van der Waals surface area contributed by atoms with Gasteiger partial charge < -0.3 is 0 Å². The minimum Gasteiger partial charge on any atom is -0.299 e. The Morgan fingerprint density at radius 3 is 2.60 bits per heavy atom. The molecule has 0 heterocycles. The third-order valence-electron chi connectivity index (χ3n) is 1.30.